The van der Waals surface area contributed by atoms with E-state index in [0.717, 1.165) is 51.4 Å². The fourth-order valence-corrected chi connectivity index (χ4v) is 7.62. The lowest BCUT2D eigenvalue weighted by atomic mass is 10.0. The zero-order chi connectivity index (χ0) is 46.4. The molecule has 0 amide bonds. The molecule has 0 saturated carbocycles. The molecule has 0 spiro atoms. The van der Waals surface area contributed by atoms with Crippen molar-refractivity contribution in [3.05, 3.63) is 60.8 Å². The van der Waals surface area contributed by atoms with E-state index in [2.05, 4.69) is 68.5 Å². The van der Waals surface area contributed by atoms with Crippen LogP contribution in [-0.2, 0) is 32.7 Å². The first kappa shape index (κ1) is 60.7. The minimum Gasteiger partial charge on any atom is -0.462 e. The summed E-state index contributed by atoms with van der Waals surface area (Å²) in [5.74, 6) is -0.862. The molecule has 0 aliphatic rings. The Hall–Kier alpha value is -2.29. The molecule has 0 aromatic rings. The lowest BCUT2D eigenvalue weighted by molar-refractivity contribution is -0.870. The zero-order valence-electron chi connectivity index (χ0n) is 41.3. The fraction of sp³-hybridized carbons (Fsp3) is 0.774. The summed E-state index contributed by atoms with van der Waals surface area (Å²) in [4.78, 5) is 35.5. The molecule has 0 rings (SSSR count). The van der Waals surface area contributed by atoms with Crippen LogP contribution in [0.25, 0.3) is 0 Å². The molecule has 10 heteroatoms. The van der Waals surface area contributed by atoms with Crippen molar-refractivity contribution in [3.8, 4) is 0 Å². The summed E-state index contributed by atoms with van der Waals surface area (Å²) in [6.45, 7) is 4.26. The topological polar surface area (TPSA) is 108 Å². The van der Waals surface area contributed by atoms with Gasteiger partial charge in [0, 0.05) is 12.8 Å². The molecule has 0 radical (unpaired) electrons. The second-order valence-electron chi connectivity index (χ2n) is 18.2. The van der Waals surface area contributed by atoms with Crippen LogP contribution in [0.15, 0.2) is 60.8 Å². The molecule has 0 aliphatic carbocycles. The molecule has 0 saturated heterocycles. The summed E-state index contributed by atoms with van der Waals surface area (Å²) in [6, 6.07) is 0. The highest BCUT2D eigenvalue weighted by atomic mass is 31.2. The number of nitrogens with zero attached hydrogens (tertiary/aromatic N) is 1. The van der Waals surface area contributed by atoms with Crippen molar-refractivity contribution in [2.75, 3.05) is 47.5 Å². The van der Waals surface area contributed by atoms with Gasteiger partial charge in [0.05, 0.1) is 27.7 Å². The third-order valence-corrected chi connectivity index (χ3v) is 11.8. The molecule has 1 unspecified atom stereocenters. The van der Waals surface area contributed by atoms with Crippen molar-refractivity contribution in [1.82, 2.24) is 0 Å². The number of rotatable bonds is 46. The predicted molar refractivity (Wildman–Crippen MR) is 266 cm³/mol. The Morgan fingerprint density at radius 2 is 0.905 bits per heavy atom. The van der Waals surface area contributed by atoms with Crippen molar-refractivity contribution < 1.29 is 42.1 Å². The van der Waals surface area contributed by atoms with Gasteiger partial charge < -0.3 is 18.9 Å². The lowest BCUT2D eigenvalue weighted by Gasteiger charge is -2.24. The van der Waals surface area contributed by atoms with Crippen LogP contribution in [0.4, 0.5) is 0 Å². The van der Waals surface area contributed by atoms with Crippen molar-refractivity contribution in [2.45, 2.75) is 219 Å². The monoisotopic (exact) mass is 907 g/mol. The first-order valence-electron chi connectivity index (χ1n) is 25.5. The Morgan fingerprint density at radius 3 is 1.33 bits per heavy atom. The predicted octanol–water partition coefficient (Wildman–Crippen LogP) is 15.2. The average molecular weight is 907 g/mol. The van der Waals surface area contributed by atoms with E-state index in [1.807, 2.05) is 27.2 Å². The van der Waals surface area contributed by atoms with E-state index in [1.165, 1.54) is 122 Å². The summed E-state index contributed by atoms with van der Waals surface area (Å²) in [5.41, 5.74) is 0. The number of unbranched alkanes of at least 4 members (excludes halogenated alkanes) is 22. The van der Waals surface area contributed by atoms with E-state index in [0.29, 0.717) is 23.9 Å². The molecule has 0 heterocycles. The van der Waals surface area contributed by atoms with Gasteiger partial charge in [0.15, 0.2) is 6.10 Å². The number of carbonyl (C=O) groups is 2. The lowest BCUT2D eigenvalue weighted by Crippen LogP contribution is -2.37. The molecule has 0 bridgehead atoms. The fourth-order valence-electron chi connectivity index (χ4n) is 6.87. The molecule has 0 fully saturated rings. The first-order chi connectivity index (χ1) is 30.5. The van der Waals surface area contributed by atoms with Crippen LogP contribution in [-0.4, -0.2) is 74.9 Å². The number of allylic oxidation sites excluding steroid dienone is 10. The Bertz CT molecular complexity index is 1250. The van der Waals surface area contributed by atoms with Gasteiger partial charge in [-0.1, -0.05) is 209 Å². The van der Waals surface area contributed by atoms with E-state index in [1.54, 1.807) is 0 Å². The highest BCUT2D eigenvalue weighted by Crippen LogP contribution is 2.43. The molecular weight excluding hydrogens is 810 g/mol. The molecule has 0 aromatic carbocycles. The molecule has 2 atom stereocenters. The number of phosphoric ester groups is 1. The number of ether oxygens (including phenoxy) is 2. The third kappa shape index (κ3) is 49.0. The van der Waals surface area contributed by atoms with Gasteiger partial charge in [-0.25, -0.2) is 4.57 Å². The van der Waals surface area contributed by atoms with Crippen LogP contribution in [0, 0.1) is 0 Å². The number of hydrogen-bond donors (Lipinski definition) is 1. The molecule has 63 heavy (non-hydrogen) atoms. The number of phosphoric acid groups is 1. The average Bonchev–Trinajstić information content (AvgIpc) is 3.24. The van der Waals surface area contributed by atoms with Gasteiger partial charge in [0.2, 0.25) is 0 Å². The van der Waals surface area contributed by atoms with Gasteiger partial charge in [0.25, 0.3) is 0 Å². The highest BCUT2D eigenvalue weighted by molar-refractivity contribution is 7.47. The molecular formula is C53H97NO8P+. The quantitative estimate of drug-likeness (QED) is 0.0212. The van der Waals surface area contributed by atoms with E-state index in [9.17, 15) is 19.0 Å². The van der Waals surface area contributed by atoms with Gasteiger partial charge in [-0.3, -0.25) is 18.6 Å². The summed E-state index contributed by atoms with van der Waals surface area (Å²) >= 11 is 0. The van der Waals surface area contributed by atoms with Crippen LogP contribution in [0.5, 0.6) is 0 Å². The number of carbonyl (C=O) groups excluding carboxylic acids is 2. The standard InChI is InChI=1S/C53H96NO8P/c1-6-8-10-12-14-16-18-20-22-24-25-26-27-28-30-31-33-35-37-39-41-43-45-52(55)59-49-51(50-61-63(57,58)60-48-47-54(3,4)5)62-53(56)46-44-42-40-38-36-34-32-29-23-21-19-17-15-13-11-9-7-2/h9,11,15,17,21,23,32,34,38,40,51H,6-8,10,12-14,16,18-20,22,24-31,33,35-37,39,41-50H2,1-5H3/p+1/b11-9+,17-15+,23-21+,34-32+,40-38+/t51-/m1/s1. The molecule has 0 aromatic heterocycles. The largest absolute Gasteiger partial charge is 0.472 e. The van der Waals surface area contributed by atoms with Crippen molar-refractivity contribution >= 4 is 19.8 Å². The SMILES string of the molecule is CC/C=C/C/C=C/C/C=C/C/C=C/C/C=C/CCCC(=O)O[C@H](COC(=O)CCCCCCCCCCCCCCCCCCCCCCCC)COP(=O)(O)OCC[N+](C)(C)C. The second-order valence-corrected chi connectivity index (χ2v) is 19.6. The summed E-state index contributed by atoms with van der Waals surface area (Å²) in [5, 5.41) is 0. The maximum Gasteiger partial charge on any atom is 0.472 e. The summed E-state index contributed by atoms with van der Waals surface area (Å²) < 4.78 is 34.4. The van der Waals surface area contributed by atoms with Gasteiger partial charge in [-0.05, 0) is 51.4 Å². The maximum absolute atomic E-state index is 12.7. The van der Waals surface area contributed by atoms with Crippen molar-refractivity contribution in [2.24, 2.45) is 0 Å². The number of esters is 2. The minimum atomic E-state index is -4.40. The number of hydrogen-bond acceptors (Lipinski definition) is 7. The van der Waals surface area contributed by atoms with E-state index in [-0.39, 0.29) is 32.0 Å². The Morgan fingerprint density at radius 1 is 0.508 bits per heavy atom. The maximum atomic E-state index is 12.7. The highest BCUT2D eigenvalue weighted by Gasteiger charge is 2.27. The zero-order valence-corrected chi connectivity index (χ0v) is 42.2. The Kier molecular flexibility index (Phi) is 43.3. The molecule has 0 aliphatic heterocycles. The first-order valence-corrected chi connectivity index (χ1v) is 27.0. The Labute approximate surface area is 387 Å². The Balaban J connectivity index is 4.29. The molecule has 9 nitrogen and oxygen atoms in total. The van der Waals surface area contributed by atoms with Gasteiger partial charge in [0.1, 0.15) is 19.8 Å². The van der Waals surface area contributed by atoms with E-state index < -0.39 is 26.5 Å². The van der Waals surface area contributed by atoms with Crippen LogP contribution >= 0.6 is 7.82 Å². The van der Waals surface area contributed by atoms with Gasteiger partial charge >= 0.3 is 19.8 Å². The van der Waals surface area contributed by atoms with Crippen LogP contribution in [0.1, 0.15) is 213 Å². The van der Waals surface area contributed by atoms with Crippen LogP contribution < -0.4 is 0 Å². The van der Waals surface area contributed by atoms with E-state index in [4.69, 9.17) is 18.5 Å². The summed E-state index contributed by atoms with van der Waals surface area (Å²) in [6.07, 6.45) is 55.8. The second kappa shape index (κ2) is 44.9. The normalized spacial score (nSPS) is 13.9. The van der Waals surface area contributed by atoms with Crippen molar-refractivity contribution in [3.63, 3.8) is 0 Å². The minimum absolute atomic E-state index is 0.0199. The third-order valence-electron chi connectivity index (χ3n) is 10.8. The van der Waals surface area contributed by atoms with Gasteiger partial charge in [-0.15, -0.1) is 0 Å². The molecule has 1 N–H and O–H groups in total. The number of quaternary nitrogens is 1. The van der Waals surface area contributed by atoms with Gasteiger partial charge in [-0.2, -0.15) is 0 Å². The molecule has 366 valence electrons. The van der Waals surface area contributed by atoms with Crippen LogP contribution in [0.3, 0.4) is 0 Å². The van der Waals surface area contributed by atoms with Crippen LogP contribution in [0.2, 0.25) is 0 Å². The number of likely N-dealkylation sites (N-methyl/N-ethyl adjacent to an activating group) is 1. The summed E-state index contributed by atoms with van der Waals surface area (Å²) in [7, 11) is 1.44. The van der Waals surface area contributed by atoms with Crippen molar-refractivity contribution in [1.29, 1.82) is 0 Å². The smallest absolute Gasteiger partial charge is 0.462 e. The van der Waals surface area contributed by atoms with E-state index >= 15 is 0 Å².